The van der Waals surface area contributed by atoms with Gasteiger partial charge in [0.2, 0.25) is 0 Å². The Balaban J connectivity index is 1.61. The second kappa shape index (κ2) is 6.60. The fraction of sp³-hybridized carbons (Fsp3) is 0.231. The molecule has 88 valence electrons. The highest BCUT2D eigenvalue weighted by molar-refractivity contribution is 5.20. The van der Waals surface area contributed by atoms with Gasteiger partial charge in [-0.15, -0.1) is 0 Å². The van der Waals surface area contributed by atoms with Crippen LogP contribution in [0.2, 0.25) is 0 Å². The Kier molecular flexibility index (Phi) is 4.48. The topological polar surface area (TPSA) is 47.0 Å². The maximum absolute atomic E-state index is 5.55. The molecule has 1 aromatic heterocycles. The summed E-state index contributed by atoms with van der Waals surface area (Å²) in [7, 11) is 0. The van der Waals surface area contributed by atoms with E-state index in [2.05, 4.69) is 15.5 Å². The molecular weight excluding hydrogens is 214 g/mol. The van der Waals surface area contributed by atoms with Crippen LogP contribution >= 0.6 is 0 Å². The van der Waals surface area contributed by atoms with Gasteiger partial charge in [-0.05, 0) is 24.3 Å². The van der Waals surface area contributed by atoms with E-state index < -0.39 is 0 Å². The molecule has 1 aromatic carbocycles. The minimum absolute atomic E-state index is 0.643. The van der Waals surface area contributed by atoms with Crippen LogP contribution in [0.25, 0.3) is 0 Å². The van der Waals surface area contributed by atoms with Gasteiger partial charge in [-0.2, -0.15) is 10.2 Å². The Bertz CT molecular complexity index is 378. The molecule has 0 unspecified atom stereocenters. The summed E-state index contributed by atoms with van der Waals surface area (Å²) in [6.45, 7) is 2.14. The van der Waals surface area contributed by atoms with E-state index in [1.54, 1.807) is 6.20 Å². The molecule has 0 aliphatic rings. The number of benzene rings is 1. The number of nitrogens with one attached hydrogen (secondary N) is 1. The van der Waals surface area contributed by atoms with Crippen molar-refractivity contribution in [1.29, 1.82) is 0 Å². The van der Waals surface area contributed by atoms with Gasteiger partial charge in [0.25, 0.3) is 0 Å². The Morgan fingerprint density at radius 2 is 1.94 bits per heavy atom. The van der Waals surface area contributed by atoms with E-state index in [9.17, 15) is 0 Å². The Morgan fingerprint density at radius 3 is 2.71 bits per heavy atom. The van der Waals surface area contributed by atoms with Gasteiger partial charge in [0, 0.05) is 19.3 Å². The van der Waals surface area contributed by atoms with Crippen molar-refractivity contribution in [2.75, 3.05) is 13.2 Å². The lowest BCUT2D eigenvalue weighted by atomic mass is 10.3. The molecule has 17 heavy (non-hydrogen) atoms. The minimum atomic E-state index is 0.643. The lowest BCUT2D eigenvalue weighted by Gasteiger charge is -2.06. The zero-order chi connectivity index (χ0) is 11.8. The van der Waals surface area contributed by atoms with E-state index in [0.29, 0.717) is 13.2 Å². The van der Waals surface area contributed by atoms with Gasteiger partial charge in [-0.3, -0.25) is 0 Å². The molecule has 4 heteroatoms. The first kappa shape index (κ1) is 11.5. The number of aromatic nitrogens is 2. The van der Waals surface area contributed by atoms with E-state index >= 15 is 0 Å². The summed E-state index contributed by atoms with van der Waals surface area (Å²) in [5, 5.41) is 11.0. The van der Waals surface area contributed by atoms with Crippen LogP contribution in [-0.2, 0) is 6.54 Å². The minimum Gasteiger partial charge on any atom is -0.492 e. The molecule has 0 amide bonds. The van der Waals surface area contributed by atoms with Crippen molar-refractivity contribution in [3.8, 4) is 5.75 Å². The van der Waals surface area contributed by atoms with Gasteiger partial charge in [0.15, 0.2) is 0 Å². The fourth-order valence-corrected chi connectivity index (χ4v) is 1.40. The van der Waals surface area contributed by atoms with Crippen molar-refractivity contribution in [3.63, 3.8) is 0 Å². The number of hydrogen-bond donors (Lipinski definition) is 1. The molecule has 2 aromatic rings. The van der Waals surface area contributed by atoms with Gasteiger partial charge in [-0.1, -0.05) is 18.2 Å². The monoisotopic (exact) mass is 229 g/mol. The Morgan fingerprint density at radius 1 is 1.06 bits per heavy atom. The second-order valence-corrected chi connectivity index (χ2v) is 3.55. The Labute approximate surface area is 101 Å². The first-order valence-electron chi connectivity index (χ1n) is 5.60. The Hall–Kier alpha value is -1.94. The molecular formula is C13H15N3O. The molecule has 0 bridgehead atoms. The van der Waals surface area contributed by atoms with Crippen LogP contribution in [0, 0.1) is 0 Å². The molecule has 0 aliphatic carbocycles. The van der Waals surface area contributed by atoms with Crippen LogP contribution in [0.5, 0.6) is 5.75 Å². The maximum Gasteiger partial charge on any atom is 0.119 e. The van der Waals surface area contributed by atoms with E-state index in [-0.39, 0.29) is 0 Å². The standard InChI is InChI=1S/C13H15N3O/c1-2-6-13(7-3-1)17-10-9-14-11-12-5-4-8-15-16-12/h1-8,14H,9-11H2. The van der Waals surface area contributed by atoms with Crippen LogP contribution < -0.4 is 10.1 Å². The van der Waals surface area contributed by atoms with Crippen LogP contribution in [0.15, 0.2) is 48.7 Å². The molecule has 0 atom stereocenters. The third-order valence-electron chi connectivity index (χ3n) is 2.22. The van der Waals surface area contributed by atoms with E-state index in [0.717, 1.165) is 18.0 Å². The number of ether oxygens (including phenoxy) is 1. The molecule has 0 saturated carbocycles. The van der Waals surface area contributed by atoms with E-state index in [1.807, 2.05) is 42.5 Å². The third kappa shape index (κ3) is 4.20. The van der Waals surface area contributed by atoms with E-state index in [1.165, 1.54) is 0 Å². The first-order valence-corrected chi connectivity index (χ1v) is 5.60. The summed E-state index contributed by atoms with van der Waals surface area (Å²) in [6, 6.07) is 13.6. The summed E-state index contributed by atoms with van der Waals surface area (Å²) in [5.74, 6) is 0.897. The zero-order valence-corrected chi connectivity index (χ0v) is 9.54. The highest BCUT2D eigenvalue weighted by Gasteiger charge is 1.94. The molecule has 2 rings (SSSR count). The number of para-hydroxylation sites is 1. The van der Waals surface area contributed by atoms with Crippen LogP contribution in [0.1, 0.15) is 5.69 Å². The van der Waals surface area contributed by atoms with Crippen LogP contribution in [0.4, 0.5) is 0 Å². The van der Waals surface area contributed by atoms with Crippen molar-refractivity contribution in [1.82, 2.24) is 15.5 Å². The summed E-state index contributed by atoms with van der Waals surface area (Å²) in [4.78, 5) is 0. The molecule has 0 saturated heterocycles. The average molecular weight is 229 g/mol. The van der Waals surface area contributed by atoms with Gasteiger partial charge >= 0.3 is 0 Å². The normalized spacial score (nSPS) is 10.1. The zero-order valence-electron chi connectivity index (χ0n) is 9.54. The predicted octanol–water partition coefficient (Wildman–Crippen LogP) is 1.65. The first-order chi connectivity index (χ1) is 8.45. The molecule has 1 N–H and O–H groups in total. The van der Waals surface area contributed by atoms with Crippen LogP contribution in [0.3, 0.4) is 0 Å². The SMILES string of the molecule is c1ccc(OCCNCc2cccnn2)cc1. The van der Waals surface area contributed by atoms with Gasteiger partial charge < -0.3 is 10.1 Å². The quantitative estimate of drug-likeness (QED) is 0.765. The summed E-state index contributed by atoms with van der Waals surface area (Å²) >= 11 is 0. The van der Waals surface area contributed by atoms with Crippen LogP contribution in [-0.4, -0.2) is 23.3 Å². The van der Waals surface area contributed by atoms with Gasteiger partial charge in [0.1, 0.15) is 12.4 Å². The van der Waals surface area contributed by atoms with Crippen molar-refractivity contribution < 1.29 is 4.74 Å². The smallest absolute Gasteiger partial charge is 0.119 e. The molecule has 1 heterocycles. The van der Waals surface area contributed by atoms with E-state index in [4.69, 9.17) is 4.74 Å². The highest BCUT2D eigenvalue weighted by Crippen LogP contribution is 2.07. The average Bonchev–Trinajstić information content (AvgIpc) is 2.41. The molecule has 4 nitrogen and oxygen atoms in total. The van der Waals surface area contributed by atoms with Gasteiger partial charge in [-0.25, -0.2) is 0 Å². The molecule has 0 spiro atoms. The highest BCUT2D eigenvalue weighted by atomic mass is 16.5. The molecule has 0 radical (unpaired) electrons. The number of rotatable bonds is 6. The van der Waals surface area contributed by atoms with Gasteiger partial charge in [0.05, 0.1) is 5.69 Å². The van der Waals surface area contributed by atoms with Crippen molar-refractivity contribution in [2.24, 2.45) is 0 Å². The maximum atomic E-state index is 5.55. The predicted molar refractivity (Wildman–Crippen MR) is 65.7 cm³/mol. The third-order valence-corrected chi connectivity index (χ3v) is 2.22. The molecule has 0 aliphatic heterocycles. The number of nitrogens with zero attached hydrogens (tertiary/aromatic N) is 2. The lowest BCUT2D eigenvalue weighted by Crippen LogP contribution is -2.21. The second-order valence-electron chi connectivity index (χ2n) is 3.55. The fourth-order valence-electron chi connectivity index (χ4n) is 1.40. The van der Waals surface area contributed by atoms with Crippen molar-refractivity contribution >= 4 is 0 Å². The van der Waals surface area contributed by atoms with Crippen molar-refractivity contribution in [3.05, 3.63) is 54.4 Å². The summed E-state index contributed by atoms with van der Waals surface area (Å²) in [5.41, 5.74) is 0.937. The van der Waals surface area contributed by atoms with Crippen molar-refractivity contribution in [2.45, 2.75) is 6.54 Å². The summed E-state index contributed by atoms with van der Waals surface area (Å²) in [6.07, 6.45) is 1.67. The molecule has 0 fully saturated rings. The lowest BCUT2D eigenvalue weighted by molar-refractivity contribution is 0.313. The summed E-state index contributed by atoms with van der Waals surface area (Å²) < 4.78 is 5.55. The largest absolute Gasteiger partial charge is 0.492 e. The number of hydrogen-bond acceptors (Lipinski definition) is 4.